The van der Waals surface area contributed by atoms with E-state index in [2.05, 4.69) is 17.1 Å². The van der Waals surface area contributed by atoms with Gasteiger partial charge in [-0.1, -0.05) is 37.3 Å². The van der Waals surface area contributed by atoms with Gasteiger partial charge in [0.25, 0.3) is 0 Å². The van der Waals surface area contributed by atoms with Crippen molar-refractivity contribution < 1.29 is 14.6 Å². The molecule has 150 valence electrons. The molecule has 0 unspecified atom stereocenters. The van der Waals surface area contributed by atoms with Gasteiger partial charge in [0.2, 0.25) is 5.91 Å². The second-order valence-electron chi connectivity index (χ2n) is 7.45. The van der Waals surface area contributed by atoms with Gasteiger partial charge in [0.05, 0.1) is 17.8 Å². The van der Waals surface area contributed by atoms with Crippen molar-refractivity contribution in [2.24, 2.45) is 0 Å². The van der Waals surface area contributed by atoms with Gasteiger partial charge in [-0.05, 0) is 25.7 Å². The third-order valence-corrected chi connectivity index (χ3v) is 6.69. The fourth-order valence-corrected chi connectivity index (χ4v) is 5.10. The van der Waals surface area contributed by atoms with Crippen LogP contribution in [-0.4, -0.2) is 58.8 Å². The molecule has 0 saturated carbocycles. The molecule has 0 radical (unpaired) electrons. The number of benzene rings is 1. The summed E-state index contributed by atoms with van der Waals surface area (Å²) in [6.45, 7) is 4.10. The second-order valence-corrected chi connectivity index (χ2v) is 8.53. The number of carbonyl (C=O) groups excluding carboxylic acids is 1. The number of aliphatic hydroxyl groups excluding tert-OH is 1. The molecule has 0 aliphatic carbocycles. The maximum Gasteiger partial charge on any atom is 0.243 e. The van der Waals surface area contributed by atoms with Crippen LogP contribution in [0.25, 0.3) is 11.3 Å². The summed E-state index contributed by atoms with van der Waals surface area (Å²) in [5.74, 6) is -0.0703. The molecule has 4 rings (SSSR count). The molecule has 2 aliphatic rings. The molecule has 3 heterocycles. The molecule has 0 spiro atoms. The lowest BCUT2D eigenvalue weighted by Gasteiger charge is -2.34. The molecular weight excluding hydrogens is 374 g/mol. The van der Waals surface area contributed by atoms with Crippen LogP contribution in [0.4, 0.5) is 5.13 Å². The maximum atomic E-state index is 13.0. The smallest absolute Gasteiger partial charge is 0.243 e. The molecule has 1 amide bonds. The number of nitrogens with zero attached hydrogens (tertiary/aromatic N) is 2. The Hall–Kier alpha value is -1.80. The first-order valence-corrected chi connectivity index (χ1v) is 10.8. The Morgan fingerprint density at radius 2 is 2.07 bits per heavy atom. The predicted molar refractivity (Wildman–Crippen MR) is 111 cm³/mol. The van der Waals surface area contributed by atoms with E-state index >= 15 is 0 Å². The van der Waals surface area contributed by atoms with Gasteiger partial charge >= 0.3 is 0 Å². The summed E-state index contributed by atoms with van der Waals surface area (Å²) < 4.78 is 5.45. The lowest BCUT2D eigenvalue weighted by molar-refractivity contribution is -0.121. The Kier molecular flexibility index (Phi) is 6.06. The number of aromatic nitrogens is 1. The predicted octanol–water partition coefficient (Wildman–Crippen LogP) is 2.93. The van der Waals surface area contributed by atoms with Crippen LogP contribution in [0.2, 0.25) is 0 Å². The highest BCUT2D eigenvalue weighted by molar-refractivity contribution is 7.16. The van der Waals surface area contributed by atoms with Crippen molar-refractivity contribution in [3.05, 3.63) is 35.2 Å². The van der Waals surface area contributed by atoms with E-state index in [4.69, 9.17) is 9.72 Å². The largest absolute Gasteiger partial charge is 0.392 e. The van der Waals surface area contributed by atoms with Gasteiger partial charge in [0.1, 0.15) is 0 Å². The minimum Gasteiger partial charge on any atom is -0.392 e. The van der Waals surface area contributed by atoms with E-state index < -0.39 is 6.10 Å². The van der Waals surface area contributed by atoms with Crippen LogP contribution in [0.1, 0.15) is 31.1 Å². The summed E-state index contributed by atoms with van der Waals surface area (Å²) >= 11 is 1.53. The Balaban J connectivity index is 1.50. The topological polar surface area (TPSA) is 74.7 Å². The average Bonchev–Trinajstić information content (AvgIpc) is 3.32. The normalized spacial score (nSPS) is 23.8. The third-order valence-electron chi connectivity index (χ3n) is 5.58. The summed E-state index contributed by atoms with van der Waals surface area (Å²) in [7, 11) is 0. The van der Waals surface area contributed by atoms with Gasteiger partial charge in [0, 0.05) is 36.2 Å². The van der Waals surface area contributed by atoms with Gasteiger partial charge in [-0.3, -0.25) is 9.69 Å². The molecule has 2 atom stereocenters. The molecule has 7 heteroatoms. The van der Waals surface area contributed by atoms with Crippen LogP contribution >= 0.6 is 11.3 Å². The number of aryl methyl sites for hydroxylation is 1. The van der Waals surface area contributed by atoms with Crippen LogP contribution in [0.3, 0.4) is 0 Å². The fourth-order valence-electron chi connectivity index (χ4n) is 4.17. The van der Waals surface area contributed by atoms with E-state index in [1.165, 1.54) is 11.3 Å². The first-order chi connectivity index (χ1) is 13.7. The molecular formula is C21H27N3O3S. The van der Waals surface area contributed by atoms with Crippen LogP contribution in [0.15, 0.2) is 30.3 Å². The number of ether oxygens (including phenoxy) is 1. The highest BCUT2D eigenvalue weighted by Gasteiger charge is 2.40. The third kappa shape index (κ3) is 4.12. The first kappa shape index (κ1) is 19.5. The van der Waals surface area contributed by atoms with Crippen molar-refractivity contribution in [1.82, 2.24) is 9.88 Å². The van der Waals surface area contributed by atoms with E-state index in [9.17, 15) is 9.90 Å². The molecule has 1 aromatic carbocycles. The number of hydrogen-bond donors (Lipinski definition) is 2. The van der Waals surface area contributed by atoms with Crippen molar-refractivity contribution in [2.45, 2.75) is 50.8 Å². The Morgan fingerprint density at radius 1 is 1.32 bits per heavy atom. The van der Waals surface area contributed by atoms with Gasteiger partial charge in [-0.15, -0.1) is 11.3 Å². The zero-order valence-corrected chi connectivity index (χ0v) is 17.0. The summed E-state index contributed by atoms with van der Waals surface area (Å²) in [4.78, 5) is 21.1. The number of hydrogen-bond acceptors (Lipinski definition) is 6. The number of anilines is 1. The Bertz CT molecular complexity index is 804. The zero-order chi connectivity index (χ0) is 19.5. The molecule has 0 bridgehead atoms. The molecule has 1 aromatic heterocycles. The van der Waals surface area contributed by atoms with Gasteiger partial charge in [-0.25, -0.2) is 4.98 Å². The van der Waals surface area contributed by atoms with Crippen molar-refractivity contribution in [1.29, 1.82) is 0 Å². The standard InChI is InChI=1S/C21H27N3O3S/c1-2-18-19(14-6-4-3-5-7-14)22-21(28-18)23-20(26)17-12-16(25)13-24(17)15-8-10-27-11-9-15/h3-7,15-17,25H,2,8-13H2,1H3,(H,22,23,26)/t16-,17+/m1/s1. The summed E-state index contributed by atoms with van der Waals surface area (Å²) in [5.41, 5.74) is 2.01. The molecule has 28 heavy (non-hydrogen) atoms. The van der Waals surface area contributed by atoms with E-state index in [0.29, 0.717) is 24.1 Å². The number of β-amino-alcohol motifs (C(OH)–C–C–N with tert-alkyl or cyclic N) is 1. The quantitative estimate of drug-likeness (QED) is 0.806. The number of rotatable bonds is 5. The Labute approximate surface area is 169 Å². The van der Waals surface area contributed by atoms with E-state index in [-0.39, 0.29) is 11.9 Å². The van der Waals surface area contributed by atoms with E-state index in [1.54, 1.807) is 0 Å². The van der Waals surface area contributed by atoms with Crippen LogP contribution in [-0.2, 0) is 16.0 Å². The summed E-state index contributed by atoms with van der Waals surface area (Å²) in [6.07, 6.45) is 2.70. The van der Waals surface area contributed by atoms with Crippen LogP contribution in [0, 0.1) is 0 Å². The van der Waals surface area contributed by atoms with Crippen molar-refractivity contribution in [3.8, 4) is 11.3 Å². The molecule has 2 fully saturated rings. The lowest BCUT2D eigenvalue weighted by Crippen LogP contribution is -2.47. The second kappa shape index (κ2) is 8.69. The zero-order valence-electron chi connectivity index (χ0n) is 16.1. The molecule has 2 aromatic rings. The van der Waals surface area contributed by atoms with Gasteiger partial charge in [-0.2, -0.15) is 0 Å². The van der Waals surface area contributed by atoms with Gasteiger partial charge in [0.15, 0.2) is 5.13 Å². The van der Waals surface area contributed by atoms with Crippen molar-refractivity contribution >= 4 is 22.4 Å². The average molecular weight is 402 g/mol. The number of amides is 1. The number of carbonyl (C=O) groups is 1. The van der Waals surface area contributed by atoms with Gasteiger partial charge < -0.3 is 15.2 Å². The highest BCUT2D eigenvalue weighted by atomic mass is 32.1. The number of thiazole rings is 1. The maximum absolute atomic E-state index is 13.0. The molecule has 2 saturated heterocycles. The highest BCUT2D eigenvalue weighted by Crippen LogP contribution is 2.32. The van der Waals surface area contributed by atoms with Crippen molar-refractivity contribution in [3.63, 3.8) is 0 Å². The number of nitrogens with one attached hydrogen (secondary N) is 1. The monoisotopic (exact) mass is 401 g/mol. The SMILES string of the molecule is CCc1sc(NC(=O)[C@@H]2C[C@@H](O)CN2C2CCOCC2)nc1-c1ccccc1. The number of likely N-dealkylation sites (tertiary alicyclic amines) is 1. The fraction of sp³-hybridized carbons (Fsp3) is 0.524. The Morgan fingerprint density at radius 3 is 2.79 bits per heavy atom. The van der Waals surface area contributed by atoms with Crippen LogP contribution in [0.5, 0.6) is 0 Å². The molecule has 2 aliphatic heterocycles. The summed E-state index contributed by atoms with van der Waals surface area (Å²) in [5, 5.41) is 13.8. The van der Waals surface area contributed by atoms with Crippen LogP contribution < -0.4 is 5.32 Å². The minimum atomic E-state index is -0.457. The number of aliphatic hydroxyl groups is 1. The van der Waals surface area contributed by atoms with E-state index in [1.807, 2.05) is 30.3 Å². The van der Waals surface area contributed by atoms with Crippen molar-refractivity contribution in [2.75, 3.05) is 25.1 Å². The lowest BCUT2D eigenvalue weighted by atomic mass is 10.1. The van der Waals surface area contributed by atoms with E-state index in [0.717, 1.165) is 48.6 Å². The first-order valence-electron chi connectivity index (χ1n) is 10.0. The summed E-state index contributed by atoms with van der Waals surface area (Å²) in [6, 6.07) is 10.0. The minimum absolute atomic E-state index is 0.0703. The molecule has 6 nitrogen and oxygen atoms in total. The molecule has 2 N–H and O–H groups in total.